The summed E-state index contributed by atoms with van der Waals surface area (Å²) in [6, 6.07) is 0.363. The van der Waals surface area contributed by atoms with Crippen LogP contribution in [0.3, 0.4) is 0 Å². The fourth-order valence-electron chi connectivity index (χ4n) is 2.59. The van der Waals surface area contributed by atoms with Crippen LogP contribution < -0.4 is 5.73 Å². The van der Waals surface area contributed by atoms with E-state index in [1.165, 1.54) is 25.7 Å². The maximum Gasteiger partial charge on any atom is 0.0480 e. The van der Waals surface area contributed by atoms with Crippen LogP contribution in [0.15, 0.2) is 0 Å². The Morgan fingerprint density at radius 3 is 2.24 bits per heavy atom. The molecule has 2 nitrogen and oxygen atoms in total. The molecule has 102 valence electrons. The van der Waals surface area contributed by atoms with Crippen LogP contribution in [0.5, 0.6) is 0 Å². The van der Waals surface area contributed by atoms with E-state index in [1.807, 2.05) is 0 Å². The molecule has 1 unspecified atom stereocenters. The first-order chi connectivity index (χ1) is 8.09. The van der Waals surface area contributed by atoms with Gasteiger partial charge in [-0.2, -0.15) is 0 Å². The zero-order valence-electron chi connectivity index (χ0n) is 12.0. The van der Waals surface area contributed by atoms with Crippen molar-refractivity contribution in [2.45, 2.75) is 65.3 Å². The van der Waals surface area contributed by atoms with Crippen molar-refractivity contribution in [1.29, 1.82) is 0 Å². The van der Waals surface area contributed by atoms with E-state index in [-0.39, 0.29) is 0 Å². The van der Waals surface area contributed by atoms with E-state index in [9.17, 15) is 0 Å². The molecule has 0 aromatic rings. The lowest BCUT2D eigenvalue weighted by Crippen LogP contribution is -2.33. The second kappa shape index (κ2) is 8.10. The molecule has 1 aliphatic rings. The zero-order valence-corrected chi connectivity index (χ0v) is 12.0. The van der Waals surface area contributed by atoms with Gasteiger partial charge in [-0.25, -0.2) is 0 Å². The summed E-state index contributed by atoms with van der Waals surface area (Å²) >= 11 is 0. The molecule has 0 spiro atoms. The molecule has 2 N–H and O–H groups in total. The van der Waals surface area contributed by atoms with Crippen molar-refractivity contribution in [2.75, 3.05) is 13.2 Å². The molecular formula is C15H31NO. The quantitative estimate of drug-likeness (QED) is 0.691. The normalized spacial score (nSPS) is 27.4. The van der Waals surface area contributed by atoms with Gasteiger partial charge in [-0.3, -0.25) is 0 Å². The molecule has 2 heteroatoms. The Hall–Kier alpha value is -0.0800. The monoisotopic (exact) mass is 241 g/mol. The van der Waals surface area contributed by atoms with Gasteiger partial charge in [0.05, 0.1) is 0 Å². The minimum absolute atomic E-state index is 0.363. The zero-order chi connectivity index (χ0) is 12.7. The van der Waals surface area contributed by atoms with Gasteiger partial charge < -0.3 is 10.5 Å². The van der Waals surface area contributed by atoms with Gasteiger partial charge in [0.25, 0.3) is 0 Å². The van der Waals surface area contributed by atoms with Gasteiger partial charge in [-0.15, -0.1) is 0 Å². The van der Waals surface area contributed by atoms with E-state index < -0.39 is 0 Å². The van der Waals surface area contributed by atoms with Crippen LogP contribution in [0.25, 0.3) is 0 Å². The molecule has 17 heavy (non-hydrogen) atoms. The SMILES string of the molecule is CC(C)CCOCCC(N)C1CCC(C)CC1. The second-order valence-corrected chi connectivity index (χ2v) is 6.27. The van der Waals surface area contributed by atoms with E-state index >= 15 is 0 Å². The van der Waals surface area contributed by atoms with Gasteiger partial charge >= 0.3 is 0 Å². The Balaban J connectivity index is 2.02. The highest BCUT2D eigenvalue weighted by molar-refractivity contribution is 4.78. The first-order valence-electron chi connectivity index (χ1n) is 7.43. The minimum Gasteiger partial charge on any atom is -0.381 e. The van der Waals surface area contributed by atoms with E-state index in [2.05, 4.69) is 20.8 Å². The molecule has 0 heterocycles. The smallest absolute Gasteiger partial charge is 0.0480 e. The predicted molar refractivity (Wildman–Crippen MR) is 74.0 cm³/mol. The van der Waals surface area contributed by atoms with Crippen LogP contribution in [-0.4, -0.2) is 19.3 Å². The standard InChI is InChI=1S/C15H31NO/c1-12(2)8-10-17-11-9-15(16)14-6-4-13(3)5-7-14/h12-15H,4-11,16H2,1-3H3. The third-order valence-corrected chi connectivity index (χ3v) is 4.10. The Bertz CT molecular complexity index is 185. The first-order valence-corrected chi connectivity index (χ1v) is 7.43. The third-order valence-electron chi connectivity index (χ3n) is 4.10. The fourth-order valence-corrected chi connectivity index (χ4v) is 2.59. The summed E-state index contributed by atoms with van der Waals surface area (Å²) in [7, 11) is 0. The molecule has 1 saturated carbocycles. The highest BCUT2D eigenvalue weighted by Crippen LogP contribution is 2.30. The largest absolute Gasteiger partial charge is 0.381 e. The third kappa shape index (κ3) is 6.42. The van der Waals surface area contributed by atoms with Gasteiger partial charge in [-0.1, -0.05) is 33.6 Å². The molecule has 1 atom stereocenters. The molecular weight excluding hydrogens is 210 g/mol. The average Bonchev–Trinajstić information content (AvgIpc) is 2.29. The van der Waals surface area contributed by atoms with E-state index in [0.717, 1.165) is 43.8 Å². The lowest BCUT2D eigenvalue weighted by atomic mass is 9.79. The summed E-state index contributed by atoms with van der Waals surface area (Å²) in [6.07, 6.45) is 7.59. The summed E-state index contributed by atoms with van der Waals surface area (Å²) in [4.78, 5) is 0. The van der Waals surface area contributed by atoms with Crippen molar-refractivity contribution in [3.05, 3.63) is 0 Å². The summed E-state index contributed by atoms with van der Waals surface area (Å²) in [5.41, 5.74) is 6.26. The Labute approximate surface area is 107 Å². The summed E-state index contributed by atoms with van der Waals surface area (Å²) in [5.74, 6) is 2.41. The van der Waals surface area contributed by atoms with Crippen LogP contribution in [-0.2, 0) is 4.74 Å². The minimum atomic E-state index is 0.363. The van der Waals surface area contributed by atoms with E-state index in [1.54, 1.807) is 0 Å². The van der Waals surface area contributed by atoms with Crippen LogP contribution in [0, 0.1) is 17.8 Å². The molecule has 1 aliphatic carbocycles. The van der Waals surface area contributed by atoms with Gasteiger partial charge in [0, 0.05) is 19.3 Å². The van der Waals surface area contributed by atoms with E-state index in [4.69, 9.17) is 10.5 Å². The van der Waals surface area contributed by atoms with Crippen LogP contribution in [0.1, 0.15) is 59.3 Å². The number of ether oxygens (including phenoxy) is 1. The maximum atomic E-state index is 6.26. The first kappa shape index (κ1) is 15.0. The number of nitrogens with two attached hydrogens (primary N) is 1. The van der Waals surface area contributed by atoms with Crippen molar-refractivity contribution in [1.82, 2.24) is 0 Å². The van der Waals surface area contributed by atoms with Crippen LogP contribution >= 0.6 is 0 Å². The number of hydrogen-bond acceptors (Lipinski definition) is 2. The van der Waals surface area contributed by atoms with Crippen LogP contribution in [0.2, 0.25) is 0 Å². The molecule has 0 saturated heterocycles. The average molecular weight is 241 g/mol. The fraction of sp³-hybridized carbons (Fsp3) is 1.00. The molecule has 0 aromatic carbocycles. The highest BCUT2D eigenvalue weighted by Gasteiger charge is 2.23. The second-order valence-electron chi connectivity index (χ2n) is 6.27. The molecule has 0 bridgehead atoms. The summed E-state index contributed by atoms with van der Waals surface area (Å²) in [6.45, 7) is 8.57. The highest BCUT2D eigenvalue weighted by atomic mass is 16.5. The number of rotatable bonds is 7. The van der Waals surface area contributed by atoms with E-state index in [0.29, 0.717) is 6.04 Å². The molecule has 0 aliphatic heterocycles. The summed E-state index contributed by atoms with van der Waals surface area (Å²) in [5, 5.41) is 0. The Morgan fingerprint density at radius 2 is 1.65 bits per heavy atom. The van der Waals surface area contributed by atoms with Crippen molar-refractivity contribution in [3.8, 4) is 0 Å². The Kier molecular flexibility index (Phi) is 7.14. The lowest BCUT2D eigenvalue weighted by Gasteiger charge is -2.30. The lowest BCUT2D eigenvalue weighted by molar-refractivity contribution is 0.108. The Morgan fingerprint density at radius 1 is 1.06 bits per heavy atom. The molecule has 0 radical (unpaired) electrons. The number of hydrogen-bond donors (Lipinski definition) is 1. The van der Waals surface area contributed by atoms with Gasteiger partial charge in [0.15, 0.2) is 0 Å². The van der Waals surface area contributed by atoms with Crippen LogP contribution in [0.4, 0.5) is 0 Å². The summed E-state index contributed by atoms with van der Waals surface area (Å²) < 4.78 is 5.65. The molecule has 0 aromatic heterocycles. The van der Waals surface area contributed by atoms with Gasteiger partial charge in [-0.05, 0) is 43.4 Å². The van der Waals surface area contributed by atoms with Crippen molar-refractivity contribution in [3.63, 3.8) is 0 Å². The molecule has 1 fully saturated rings. The topological polar surface area (TPSA) is 35.2 Å². The van der Waals surface area contributed by atoms with Crippen molar-refractivity contribution in [2.24, 2.45) is 23.5 Å². The van der Waals surface area contributed by atoms with Crippen molar-refractivity contribution < 1.29 is 4.74 Å². The van der Waals surface area contributed by atoms with Gasteiger partial charge in [0.1, 0.15) is 0 Å². The van der Waals surface area contributed by atoms with Crippen molar-refractivity contribution >= 4 is 0 Å². The molecule has 0 amide bonds. The van der Waals surface area contributed by atoms with Gasteiger partial charge in [0.2, 0.25) is 0 Å². The maximum absolute atomic E-state index is 6.26. The molecule has 1 rings (SSSR count). The predicted octanol–water partition coefficient (Wildman–Crippen LogP) is 3.59.